The molecule has 3 aromatic rings. The highest BCUT2D eigenvalue weighted by atomic mass is 16.6. The first-order valence-electron chi connectivity index (χ1n) is 8.43. The number of aliphatic hydroxyl groups is 3. The lowest BCUT2D eigenvalue weighted by Gasteiger charge is -2.17. The van der Waals surface area contributed by atoms with Gasteiger partial charge in [-0.05, 0) is 17.7 Å². The summed E-state index contributed by atoms with van der Waals surface area (Å²) in [5.74, 6) is 1.01. The number of methoxy groups -OCH3 is 1. The molecule has 4 rings (SSSR count). The lowest BCUT2D eigenvalue weighted by molar-refractivity contribution is -0.0508. The Kier molecular flexibility index (Phi) is 4.44. The molecule has 4 atom stereocenters. The Morgan fingerprint density at radius 2 is 1.93 bits per heavy atom. The predicted molar refractivity (Wildman–Crippen MR) is 96.9 cm³/mol. The van der Waals surface area contributed by atoms with Crippen molar-refractivity contribution in [3.05, 3.63) is 36.8 Å². The third-order valence-electron chi connectivity index (χ3n) is 4.83. The molecule has 1 aromatic carbocycles. The van der Waals surface area contributed by atoms with E-state index in [-0.39, 0.29) is 5.82 Å². The second kappa shape index (κ2) is 6.78. The SMILES string of the molecule is COc1ccc(-c2cn(C3OC(CO)C(O)C3O)c3ncnc(N)c23)cc1. The molecule has 1 saturated heterocycles. The first kappa shape index (κ1) is 17.7. The van der Waals surface area contributed by atoms with Gasteiger partial charge >= 0.3 is 0 Å². The number of ether oxygens (including phenoxy) is 2. The largest absolute Gasteiger partial charge is 0.497 e. The van der Waals surface area contributed by atoms with Crippen molar-refractivity contribution < 1.29 is 24.8 Å². The van der Waals surface area contributed by atoms with E-state index in [9.17, 15) is 15.3 Å². The molecule has 3 heterocycles. The number of nitrogen functional groups attached to an aromatic ring is 1. The lowest BCUT2D eigenvalue weighted by atomic mass is 10.1. The van der Waals surface area contributed by atoms with E-state index in [0.717, 1.165) is 16.9 Å². The van der Waals surface area contributed by atoms with Gasteiger partial charge < -0.3 is 35.1 Å². The van der Waals surface area contributed by atoms with E-state index in [1.54, 1.807) is 17.9 Å². The molecular weight excluding hydrogens is 352 g/mol. The van der Waals surface area contributed by atoms with Gasteiger partial charge in [0.05, 0.1) is 19.1 Å². The molecule has 0 aliphatic carbocycles. The van der Waals surface area contributed by atoms with Gasteiger partial charge in [-0.2, -0.15) is 0 Å². The van der Waals surface area contributed by atoms with Crippen molar-refractivity contribution in [1.29, 1.82) is 0 Å². The van der Waals surface area contributed by atoms with Crippen molar-refractivity contribution in [1.82, 2.24) is 14.5 Å². The highest BCUT2D eigenvalue weighted by Crippen LogP contribution is 2.38. The quantitative estimate of drug-likeness (QED) is 0.513. The number of anilines is 1. The second-order valence-corrected chi connectivity index (χ2v) is 6.36. The Labute approximate surface area is 154 Å². The van der Waals surface area contributed by atoms with Crippen molar-refractivity contribution in [2.75, 3.05) is 19.5 Å². The molecular formula is C18H20N4O5. The molecule has 1 fully saturated rings. The molecule has 142 valence electrons. The molecule has 27 heavy (non-hydrogen) atoms. The van der Waals surface area contributed by atoms with Crippen LogP contribution in [0.3, 0.4) is 0 Å². The number of nitrogens with zero attached hydrogens (tertiary/aromatic N) is 3. The van der Waals surface area contributed by atoms with Crippen molar-refractivity contribution in [2.45, 2.75) is 24.5 Å². The van der Waals surface area contributed by atoms with E-state index < -0.39 is 31.1 Å². The standard InChI is InChI=1S/C18H20N4O5/c1-26-10-4-2-9(3-5-10)11-6-22(17-13(11)16(19)20-8-21-17)18-15(25)14(24)12(7-23)27-18/h2-6,8,12,14-15,18,23-25H,7H2,1H3,(H2,19,20,21). The molecule has 4 unspecified atom stereocenters. The predicted octanol–water partition coefficient (Wildman–Crippen LogP) is 0.301. The Hall–Kier alpha value is -2.72. The summed E-state index contributed by atoms with van der Waals surface area (Å²) in [5.41, 5.74) is 8.16. The zero-order chi connectivity index (χ0) is 19.1. The normalized spacial score (nSPS) is 25.2. The topological polar surface area (TPSA) is 136 Å². The molecule has 9 nitrogen and oxygen atoms in total. The average Bonchev–Trinajstić information content (AvgIpc) is 3.21. The Morgan fingerprint density at radius 1 is 1.19 bits per heavy atom. The van der Waals surface area contributed by atoms with Gasteiger partial charge in [-0.25, -0.2) is 9.97 Å². The van der Waals surface area contributed by atoms with Gasteiger partial charge in [0.2, 0.25) is 0 Å². The number of aromatic nitrogens is 3. The van der Waals surface area contributed by atoms with Crippen LogP contribution in [-0.4, -0.2) is 61.9 Å². The number of nitrogens with two attached hydrogens (primary N) is 1. The summed E-state index contributed by atoms with van der Waals surface area (Å²) >= 11 is 0. The van der Waals surface area contributed by atoms with Crippen molar-refractivity contribution >= 4 is 16.9 Å². The number of fused-ring (bicyclic) bond motifs is 1. The summed E-state index contributed by atoms with van der Waals surface area (Å²) in [6, 6.07) is 7.40. The molecule has 5 N–H and O–H groups in total. The van der Waals surface area contributed by atoms with E-state index >= 15 is 0 Å². The highest BCUT2D eigenvalue weighted by Gasteiger charge is 2.44. The zero-order valence-electron chi connectivity index (χ0n) is 14.6. The van der Waals surface area contributed by atoms with Crippen LogP contribution >= 0.6 is 0 Å². The van der Waals surface area contributed by atoms with Crippen LogP contribution in [0.2, 0.25) is 0 Å². The van der Waals surface area contributed by atoms with Gasteiger partial charge in [-0.1, -0.05) is 12.1 Å². The summed E-state index contributed by atoms with van der Waals surface area (Å²) in [5, 5.41) is 30.4. The van der Waals surface area contributed by atoms with Gasteiger partial charge in [0, 0.05) is 11.8 Å². The van der Waals surface area contributed by atoms with Gasteiger partial charge in [0.15, 0.2) is 6.23 Å². The van der Waals surface area contributed by atoms with E-state index in [1.807, 2.05) is 24.3 Å². The minimum Gasteiger partial charge on any atom is -0.497 e. The Bertz CT molecular complexity index is 958. The molecule has 1 aliphatic heterocycles. The third-order valence-corrected chi connectivity index (χ3v) is 4.83. The van der Waals surface area contributed by atoms with Gasteiger partial charge in [-0.3, -0.25) is 0 Å². The van der Waals surface area contributed by atoms with E-state index in [4.69, 9.17) is 15.2 Å². The number of benzene rings is 1. The summed E-state index contributed by atoms with van der Waals surface area (Å²) in [4.78, 5) is 8.36. The maximum Gasteiger partial charge on any atom is 0.164 e. The molecule has 0 spiro atoms. The third kappa shape index (κ3) is 2.81. The fourth-order valence-corrected chi connectivity index (χ4v) is 3.40. The first-order chi connectivity index (χ1) is 13.0. The number of aliphatic hydroxyl groups excluding tert-OH is 3. The van der Waals surface area contributed by atoms with Crippen molar-refractivity contribution in [3.63, 3.8) is 0 Å². The molecule has 9 heteroatoms. The Morgan fingerprint density at radius 3 is 2.56 bits per heavy atom. The minimum absolute atomic E-state index is 0.288. The van der Waals surface area contributed by atoms with Crippen LogP contribution < -0.4 is 10.5 Å². The van der Waals surface area contributed by atoms with Crippen LogP contribution in [0.4, 0.5) is 5.82 Å². The molecule has 0 saturated carbocycles. The fourth-order valence-electron chi connectivity index (χ4n) is 3.40. The van der Waals surface area contributed by atoms with E-state index in [1.165, 1.54) is 6.33 Å². The number of hydrogen-bond donors (Lipinski definition) is 4. The summed E-state index contributed by atoms with van der Waals surface area (Å²) < 4.78 is 12.4. The molecule has 0 bridgehead atoms. The summed E-state index contributed by atoms with van der Waals surface area (Å²) in [6.45, 7) is -0.406. The fraction of sp³-hybridized carbons (Fsp3) is 0.333. The van der Waals surface area contributed by atoms with Crippen LogP contribution in [-0.2, 0) is 4.74 Å². The maximum atomic E-state index is 10.4. The Balaban J connectivity index is 1.87. The number of rotatable bonds is 4. The van der Waals surface area contributed by atoms with Crippen LogP contribution in [0.25, 0.3) is 22.2 Å². The van der Waals surface area contributed by atoms with Gasteiger partial charge in [-0.15, -0.1) is 0 Å². The van der Waals surface area contributed by atoms with Crippen molar-refractivity contribution in [3.8, 4) is 16.9 Å². The maximum absolute atomic E-state index is 10.4. The van der Waals surface area contributed by atoms with E-state index in [2.05, 4.69) is 9.97 Å². The lowest BCUT2D eigenvalue weighted by Crippen LogP contribution is -2.33. The van der Waals surface area contributed by atoms with Gasteiger partial charge in [0.25, 0.3) is 0 Å². The van der Waals surface area contributed by atoms with Crippen LogP contribution in [0.1, 0.15) is 6.23 Å². The minimum atomic E-state index is -1.22. The molecule has 0 radical (unpaired) electrons. The van der Waals surface area contributed by atoms with Gasteiger partial charge in [0.1, 0.15) is 41.9 Å². The first-order valence-corrected chi connectivity index (χ1v) is 8.43. The summed E-state index contributed by atoms with van der Waals surface area (Å²) in [7, 11) is 1.59. The number of hydrogen-bond acceptors (Lipinski definition) is 8. The smallest absolute Gasteiger partial charge is 0.164 e. The monoisotopic (exact) mass is 372 g/mol. The highest BCUT2D eigenvalue weighted by molar-refractivity contribution is 6.00. The zero-order valence-corrected chi connectivity index (χ0v) is 14.6. The van der Waals surface area contributed by atoms with Crippen LogP contribution in [0, 0.1) is 0 Å². The van der Waals surface area contributed by atoms with E-state index in [0.29, 0.717) is 11.0 Å². The molecule has 1 aliphatic rings. The van der Waals surface area contributed by atoms with Crippen molar-refractivity contribution in [2.24, 2.45) is 0 Å². The van der Waals surface area contributed by atoms with Crippen LogP contribution in [0.15, 0.2) is 36.8 Å². The average molecular weight is 372 g/mol. The molecule has 2 aromatic heterocycles. The second-order valence-electron chi connectivity index (χ2n) is 6.36. The summed E-state index contributed by atoms with van der Waals surface area (Å²) in [6.07, 6.45) is -1.16. The molecule has 0 amide bonds. The van der Waals surface area contributed by atoms with Crippen LogP contribution in [0.5, 0.6) is 5.75 Å².